The van der Waals surface area contributed by atoms with Gasteiger partial charge in [-0.05, 0) is 44.0 Å². The standard InChI is InChI=1S/C14H18F3NO.C2H6/c1-10-4-6-18(7-5-10)9-11-2-3-12(8-13(11)19)14(15,16)17;1-2/h2-3,8,10,19H,4-7,9H2,1H3;1-2H3. The molecule has 0 amide bonds. The number of hydrogen-bond donors (Lipinski definition) is 1. The second-order valence-corrected chi connectivity index (χ2v) is 5.30. The van der Waals surface area contributed by atoms with Crippen LogP contribution in [0.3, 0.4) is 0 Å². The van der Waals surface area contributed by atoms with Crippen LogP contribution >= 0.6 is 0 Å². The van der Waals surface area contributed by atoms with Crippen LogP contribution in [0.1, 0.15) is 44.7 Å². The van der Waals surface area contributed by atoms with Gasteiger partial charge in [0.15, 0.2) is 0 Å². The molecule has 1 aliphatic heterocycles. The van der Waals surface area contributed by atoms with Gasteiger partial charge in [0.2, 0.25) is 0 Å². The number of phenols is 1. The fourth-order valence-electron chi connectivity index (χ4n) is 2.33. The first-order valence-electron chi connectivity index (χ1n) is 7.47. The second kappa shape index (κ2) is 7.69. The van der Waals surface area contributed by atoms with E-state index in [9.17, 15) is 18.3 Å². The van der Waals surface area contributed by atoms with E-state index >= 15 is 0 Å². The Kier molecular flexibility index (Phi) is 6.52. The van der Waals surface area contributed by atoms with Gasteiger partial charge in [0.1, 0.15) is 5.75 Å². The van der Waals surface area contributed by atoms with Gasteiger partial charge in [-0.25, -0.2) is 0 Å². The smallest absolute Gasteiger partial charge is 0.416 e. The third-order valence-corrected chi connectivity index (χ3v) is 3.68. The quantitative estimate of drug-likeness (QED) is 0.858. The monoisotopic (exact) mass is 303 g/mol. The van der Waals surface area contributed by atoms with Gasteiger partial charge in [-0.15, -0.1) is 0 Å². The van der Waals surface area contributed by atoms with Crippen LogP contribution in [0.15, 0.2) is 18.2 Å². The number of piperidine rings is 1. The van der Waals surface area contributed by atoms with Crippen molar-refractivity contribution in [3.05, 3.63) is 29.3 Å². The molecule has 1 aromatic carbocycles. The molecule has 1 N–H and O–H groups in total. The van der Waals surface area contributed by atoms with E-state index in [1.54, 1.807) is 0 Å². The van der Waals surface area contributed by atoms with E-state index in [-0.39, 0.29) is 5.75 Å². The van der Waals surface area contributed by atoms with Gasteiger partial charge in [-0.1, -0.05) is 26.8 Å². The molecule has 120 valence electrons. The molecule has 0 aliphatic carbocycles. The predicted molar refractivity (Wildman–Crippen MR) is 78.1 cm³/mol. The molecule has 0 aromatic heterocycles. The van der Waals surface area contributed by atoms with Crippen LogP contribution in [0.2, 0.25) is 0 Å². The average Bonchev–Trinajstić information content (AvgIpc) is 2.44. The normalized spacial score (nSPS) is 17.2. The van der Waals surface area contributed by atoms with Crippen molar-refractivity contribution in [2.24, 2.45) is 5.92 Å². The Bertz CT molecular complexity index is 438. The SMILES string of the molecule is CC.CC1CCN(Cc2ccc(C(F)(F)F)cc2O)CC1. The lowest BCUT2D eigenvalue weighted by atomic mass is 9.98. The molecule has 2 rings (SSSR count). The van der Waals surface area contributed by atoms with E-state index in [4.69, 9.17) is 0 Å². The molecule has 0 unspecified atom stereocenters. The highest BCUT2D eigenvalue weighted by Gasteiger charge is 2.31. The lowest BCUT2D eigenvalue weighted by Crippen LogP contribution is -2.32. The molecule has 1 saturated heterocycles. The van der Waals surface area contributed by atoms with Crippen LogP contribution in [0, 0.1) is 5.92 Å². The maximum Gasteiger partial charge on any atom is 0.416 e. The van der Waals surface area contributed by atoms with Crippen LogP contribution < -0.4 is 0 Å². The van der Waals surface area contributed by atoms with Crippen molar-refractivity contribution in [1.82, 2.24) is 4.90 Å². The first-order valence-corrected chi connectivity index (χ1v) is 7.47. The average molecular weight is 303 g/mol. The van der Waals surface area contributed by atoms with Gasteiger partial charge >= 0.3 is 6.18 Å². The largest absolute Gasteiger partial charge is 0.508 e. The fourth-order valence-corrected chi connectivity index (χ4v) is 2.33. The zero-order valence-corrected chi connectivity index (χ0v) is 12.9. The Labute approximate surface area is 124 Å². The minimum atomic E-state index is -4.41. The minimum Gasteiger partial charge on any atom is -0.508 e. The van der Waals surface area contributed by atoms with E-state index in [0.717, 1.165) is 38.1 Å². The van der Waals surface area contributed by atoms with Gasteiger partial charge < -0.3 is 5.11 Å². The van der Waals surface area contributed by atoms with E-state index in [2.05, 4.69) is 11.8 Å². The highest BCUT2D eigenvalue weighted by Crippen LogP contribution is 2.33. The molecule has 0 radical (unpaired) electrons. The Morgan fingerprint density at radius 1 is 1.19 bits per heavy atom. The fraction of sp³-hybridized carbons (Fsp3) is 0.625. The van der Waals surface area contributed by atoms with E-state index in [1.165, 1.54) is 6.07 Å². The number of rotatable bonds is 2. The van der Waals surface area contributed by atoms with Crippen molar-refractivity contribution >= 4 is 0 Å². The summed E-state index contributed by atoms with van der Waals surface area (Å²) in [5, 5.41) is 9.71. The first kappa shape index (κ1) is 17.8. The van der Waals surface area contributed by atoms with Crippen LogP contribution in [0.25, 0.3) is 0 Å². The van der Waals surface area contributed by atoms with Gasteiger partial charge in [0.05, 0.1) is 5.56 Å². The van der Waals surface area contributed by atoms with Crippen molar-refractivity contribution in [3.63, 3.8) is 0 Å². The van der Waals surface area contributed by atoms with Crippen LogP contribution in [0.5, 0.6) is 5.75 Å². The Morgan fingerprint density at radius 2 is 1.76 bits per heavy atom. The number of nitrogens with zero attached hydrogens (tertiary/aromatic N) is 1. The second-order valence-electron chi connectivity index (χ2n) is 5.30. The number of phenolic OH excluding ortho intramolecular Hbond substituents is 1. The van der Waals surface area contributed by atoms with Gasteiger partial charge in [0.25, 0.3) is 0 Å². The van der Waals surface area contributed by atoms with Crippen LogP contribution in [0.4, 0.5) is 13.2 Å². The molecule has 5 heteroatoms. The summed E-state index contributed by atoms with van der Waals surface area (Å²) < 4.78 is 37.4. The predicted octanol–water partition coefficient (Wildman–Crippen LogP) is 4.67. The number of hydrogen-bond acceptors (Lipinski definition) is 2. The summed E-state index contributed by atoms with van der Waals surface area (Å²) >= 11 is 0. The van der Waals surface area contributed by atoms with Crippen LogP contribution in [-0.2, 0) is 12.7 Å². The molecule has 2 nitrogen and oxygen atoms in total. The lowest BCUT2D eigenvalue weighted by molar-refractivity contribution is -0.137. The first-order chi connectivity index (χ1) is 9.86. The number of halogens is 3. The summed E-state index contributed by atoms with van der Waals surface area (Å²) in [6.07, 6.45) is -2.21. The van der Waals surface area contributed by atoms with Crippen molar-refractivity contribution in [3.8, 4) is 5.75 Å². The highest BCUT2D eigenvalue weighted by molar-refractivity contribution is 5.37. The maximum atomic E-state index is 12.5. The van der Waals surface area contributed by atoms with Gasteiger partial charge in [-0.2, -0.15) is 13.2 Å². The lowest BCUT2D eigenvalue weighted by Gasteiger charge is -2.30. The molecule has 0 atom stereocenters. The molecule has 21 heavy (non-hydrogen) atoms. The topological polar surface area (TPSA) is 23.5 Å². The minimum absolute atomic E-state index is 0.270. The summed E-state index contributed by atoms with van der Waals surface area (Å²) in [5.41, 5.74) is -0.247. The van der Waals surface area contributed by atoms with E-state index in [1.807, 2.05) is 13.8 Å². The Hall–Kier alpha value is -1.23. The number of benzene rings is 1. The molecular weight excluding hydrogens is 279 g/mol. The van der Waals surface area contributed by atoms with Crippen LogP contribution in [-0.4, -0.2) is 23.1 Å². The van der Waals surface area contributed by atoms with Crippen molar-refractivity contribution < 1.29 is 18.3 Å². The molecule has 0 bridgehead atoms. The van der Waals surface area contributed by atoms with E-state index < -0.39 is 11.7 Å². The van der Waals surface area contributed by atoms with Crippen molar-refractivity contribution in [2.45, 2.75) is 46.3 Å². The van der Waals surface area contributed by atoms with Gasteiger partial charge in [0, 0.05) is 12.1 Å². The highest BCUT2D eigenvalue weighted by atomic mass is 19.4. The number of aromatic hydroxyl groups is 1. The zero-order chi connectivity index (χ0) is 16.0. The molecule has 0 saturated carbocycles. The number of likely N-dealkylation sites (tertiary alicyclic amines) is 1. The number of alkyl halides is 3. The maximum absolute atomic E-state index is 12.5. The summed E-state index contributed by atoms with van der Waals surface area (Å²) in [6, 6.07) is 3.21. The summed E-state index contributed by atoms with van der Waals surface area (Å²) in [5.74, 6) is 0.436. The third kappa shape index (κ3) is 5.23. The molecule has 1 fully saturated rings. The third-order valence-electron chi connectivity index (χ3n) is 3.68. The molecule has 0 spiro atoms. The van der Waals surface area contributed by atoms with Crippen molar-refractivity contribution in [1.29, 1.82) is 0 Å². The van der Waals surface area contributed by atoms with E-state index in [0.29, 0.717) is 18.0 Å². The van der Waals surface area contributed by atoms with Gasteiger partial charge in [-0.3, -0.25) is 4.90 Å². The Balaban J connectivity index is 0.00000106. The molecular formula is C16H24F3NO. The summed E-state index contributed by atoms with van der Waals surface area (Å²) in [6.45, 7) is 8.58. The Morgan fingerprint density at radius 3 is 2.24 bits per heavy atom. The summed E-state index contributed by atoms with van der Waals surface area (Å²) in [7, 11) is 0. The zero-order valence-electron chi connectivity index (χ0n) is 12.9. The molecule has 1 aliphatic rings. The van der Waals surface area contributed by atoms with Crippen molar-refractivity contribution in [2.75, 3.05) is 13.1 Å². The molecule has 1 aromatic rings. The molecule has 1 heterocycles. The summed E-state index contributed by atoms with van der Waals surface area (Å²) in [4.78, 5) is 2.17.